The molecule has 2 aliphatic rings. The first-order valence-corrected chi connectivity index (χ1v) is 7.47. The van der Waals surface area contributed by atoms with Crippen LogP contribution in [0, 0.1) is 5.41 Å². The van der Waals surface area contributed by atoms with Crippen LogP contribution in [0.5, 0.6) is 0 Å². The maximum atomic E-state index is 5.53. The Morgan fingerprint density at radius 3 is 2.47 bits per heavy atom. The molecule has 0 bridgehead atoms. The van der Waals surface area contributed by atoms with E-state index in [2.05, 4.69) is 25.7 Å². The van der Waals surface area contributed by atoms with Crippen molar-refractivity contribution in [3.63, 3.8) is 0 Å². The van der Waals surface area contributed by atoms with Crippen LogP contribution in [0.4, 0.5) is 0 Å². The molecule has 17 heavy (non-hydrogen) atoms. The Morgan fingerprint density at radius 2 is 1.88 bits per heavy atom. The van der Waals surface area contributed by atoms with Gasteiger partial charge in [0.15, 0.2) is 0 Å². The average molecular weight is 239 g/mol. The minimum atomic E-state index is 0.441. The predicted octanol–water partition coefficient (Wildman–Crippen LogP) is 3.46. The van der Waals surface area contributed by atoms with Crippen LogP contribution in [0.1, 0.15) is 59.3 Å². The van der Waals surface area contributed by atoms with Gasteiger partial charge in [-0.3, -0.25) is 4.90 Å². The topological polar surface area (TPSA) is 12.5 Å². The molecule has 0 radical (unpaired) electrons. The standard InChI is InChI=1S/C15H29NO/c1-4-6-14(3,5-2)16-10-7-15(13-16)8-11-17-12-9-15/h4-13H2,1-3H3. The Balaban J connectivity index is 2.00. The van der Waals surface area contributed by atoms with Gasteiger partial charge in [-0.05, 0) is 51.0 Å². The normalized spacial score (nSPS) is 28.4. The fraction of sp³-hybridized carbons (Fsp3) is 1.00. The Bertz CT molecular complexity index is 247. The van der Waals surface area contributed by atoms with Gasteiger partial charge in [-0.25, -0.2) is 0 Å². The van der Waals surface area contributed by atoms with E-state index >= 15 is 0 Å². The van der Waals surface area contributed by atoms with E-state index in [1.54, 1.807) is 0 Å². The van der Waals surface area contributed by atoms with Gasteiger partial charge in [0.05, 0.1) is 0 Å². The zero-order valence-corrected chi connectivity index (χ0v) is 11.9. The predicted molar refractivity (Wildman–Crippen MR) is 72.3 cm³/mol. The monoisotopic (exact) mass is 239 g/mol. The number of rotatable bonds is 4. The summed E-state index contributed by atoms with van der Waals surface area (Å²) in [6.07, 6.45) is 7.90. The molecule has 0 saturated carbocycles. The van der Waals surface area contributed by atoms with E-state index in [1.807, 2.05) is 0 Å². The van der Waals surface area contributed by atoms with Crippen LogP contribution in [-0.2, 0) is 4.74 Å². The average Bonchev–Trinajstić information content (AvgIpc) is 2.75. The van der Waals surface area contributed by atoms with Crippen LogP contribution < -0.4 is 0 Å². The lowest BCUT2D eigenvalue weighted by molar-refractivity contribution is 0.00986. The molecule has 2 rings (SSSR count). The van der Waals surface area contributed by atoms with Gasteiger partial charge >= 0.3 is 0 Å². The lowest BCUT2D eigenvalue weighted by Crippen LogP contribution is -2.46. The molecule has 2 fully saturated rings. The third kappa shape index (κ3) is 2.68. The van der Waals surface area contributed by atoms with Crippen molar-refractivity contribution in [2.75, 3.05) is 26.3 Å². The van der Waals surface area contributed by atoms with Crippen molar-refractivity contribution in [2.24, 2.45) is 5.41 Å². The third-order valence-corrected chi connectivity index (χ3v) is 5.31. The van der Waals surface area contributed by atoms with Crippen molar-refractivity contribution in [1.82, 2.24) is 4.90 Å². The van der Waals surface area contributed by atoms with E-state index in [0.29, 0.717) is 11.0 Å². The highest BCUT2D eigenvalue weighted by Gasteiger charge is 2.44. The van der Waals surface area contributed by atoms with E-state index in [9.17, 15) is 0 Å². The molecule has 0 aromatic carbocycles. The smallest absolute Gasteiger partial charge is 0.0471 e. The second-order valence-electron chi connectivity index (χ2n) is 6.38. The van der Waals surface area contributed by atoms with Crippen LogP contribution in [0.2, 0.25) is 0 Å². The Hall–Kier alpha value is -0.0800. The van der Waals surface area contributed by atoms with Crippen molar-refractivity contribution < 1.29 is 4.74 Å². The van der Waals surface area contributed by atoms with Crippen LogP contribution in [0.3, 0.4) is 0 Å². The van der Waals surface area contributed by atoms with Crippen LogP contribution in [-0.4, -0.2) is 36.7 Å². The molecule has 1 spiro atoms. The highest BCUT2D eigenvalue weighted by atomic mass is 16.5. The fourth-order valence-corrected chi connectivity index (χ4v) is 3.71. The summed E-state index contributed by atoms with van der Waals surface area (Å²) in [5.74, 6) is 0. The van der Waals surface area contributed by atoms with E-state index in [-0.39, 0.29) is 0 Å². The Morgan fingerprint density at radius 1 is 1.18 bits per heavy atom. The largest absolute Gasteiger partial charge is 0.381 e. The van der Waals surface area contributed by atoms with Crippen molar-refractivity contribution >= 4 is 0 Å². The van der Waals surface area contributed by atoms with Crippen LogP contribution in [0.15, 0.2) is 0 Å². The number of ether oxygens (including phenoxy) is 1. The lowest BCUT2D eigenvalue weighted by atomic mass is 9.79. The summed E-state index contributed by atoms with van der Waals surface area (Å²) in [5.41, 5.74) is 1.04. The van der Waals surface area contributed by atoms with Crippen molar-refractivity contribution in [2.45, 2.75) is 64.8 Å². The summed E-state index contributed by atoms with van der Waals surface area (Å²) in [6, 6.07) is 0. The van der Waals surface area contributed by atoms with Gasteiger partial charge in [0.2, 0.25) is 0 Å². The minimum Gasteiger partial charge on any atom is -0.381 e. The van der Waals surface area contributed by atoms with Gasteiger partial charge in [0.25, 0.3) is 0 Å². The minimum absolute atomic E-state index is 0.441. The van der Waals surface area contributed by atoms with Crippen LogP contribution >= 0.6 is 0 Å². The summed E-state index contributed by atoms with van der Waals surface area (Å²) < 4.78 is 5.53. The van der Waals surface area contributed by atoms with E-state index < -0.39 is 0 Å². The maximum absolute atomic E-state index is 5.53. The number of hydrogen-bond donors (Lipinski definition) is 0. The van der Waals surface area contributed by atoms with E-state index in [1.165, 1.54) is 51.6 Å². The SMILES string of the molecule is CCCC(C)(CC)N1CCC2(CCOCC2)C1. The van der Waals surface area contributed by atoms with Gasteiger partial charge in [0.1, 0.15) is 0 Å². The van der Waals surface area contributed by atoms with E-state index in [4.69, 9.17) is 4.74 Å². The molecule has 0 amide bonds. The second-order valence-corrected chi connectivity index (χ2v) is 6.38. The lowest BCUT2D eigenvalue weighted by Gasteiger charge is -2.41. The molecule has 0 N–H and O–H groups in total. The second kappa shape index (κ2) is 5.27. The number of nitrogens with zero attached hydrogens (tertiary/aromatic N) is 1. The molecule has 1 atom stereocenters. The van der Waals surface area contributed by atoms with Crippen molar-refractivity contribution in [3.05, 3.63) is 0 Å². The Kier molecular flexibility index (Phi) is 4.14. The molecule has 0 aromatic rings. The quantitative estimate of drug-likeness (QED) is 0.745. The Labute approximate surface area is 107 Å². The van der Waals surface area contributed by atoms with Crippen LogP contribution in [0.25, 0.3) is 0 Å². The fourth-order valence-electron chi connectivity index (χ4n) is 3.71. The van der Waals surface area contributed by atoms with Gasteiger partial charge in [-0.1, -0.05) is 20.3 Å². The maximum Gasteiger partial charge on any atom is 0.0471 e. The number of hydrogen-bond acceptors (Lipinski definition) is 2. The zero-order valence-electron chi connectivity index (χ0n) is 11.9. The molecule has 0 aliphatic carbocycles. The highest BCUT2D eigenvalue weighted by molar-refractivity contribution is 4.97. The molecule has 1 unspecified atom stereocenters. The van der Waals surface area contributed by atoms with Crippen molar-refractivity contribution in [3.8, 4) is 0 Å². The summed E-state index contributed by atoms with van der Waals surface area (Å²) in [5, 5.41) is 0. The molecule has 100 valence electrons. The zero-order chi connectivity index (χ0) is 12.4. The van der Waals surface area contributed by atoms with E-state index in [0.717, 1.165) is 13.2 Å². The summed E-state index contributed by atoms with van der Waals surface area (Å²) >= 11 is 0. The number of likely N-dealkylation sites (tertiary alicyclic amines) is 1. The molecular formula is C15H29NO. The first-order chi connectivity index (χ1) is 8.14. The third-order valence-electron chi connectivity index (χ3n) is 5.31. The molecular weight excluding hydrogens is 210 g/mol. The van der Waals surface area contributed by atoms with Gasteiger partial charge < -0.3 is 4.74 Å². The molecule has 2 nitrogen and oxygen atoms in total. The molecule has 2 heteroatoms. The molecule has 2 heterocycles. The summed E-state index contributed by atoms with van der Waals surface area (Å²) in [7, 11) is 0. The molecule has 0 aromatic heterocycles. The van der Waals surface area contributed by atoms with Crippen molar-refractivity contribution in [1.29, 1.82) is 0 Å². The first-order valence-electron chi connectivity index (χ1n) is 7.47. The molecule has 2 aliphatic heterocycles. The highest BCUT2D eigenvalue weighted by Crippen LogP contribution is 2.43. The summed E-state index contributed by atoms with van der Waals surface area (Å²) in [4.78, 5) is 2.78. The molecule has 2 saturated heterocycles. The van der Waals surface area contributed by atoms with Gasteiger partial charge in [-0.15, -0.1) is 0 Å². The van der Waals surface area contributed by atoms with Gasteiger partial charge in [-0.2, -0.15) is 0 Å². The summed E-state index contributed by atoms with van der Waals surface area (Å²) in [6.45, 7) is 11.7. The van der Waals surface area contributed by atoms with Gasteiger partial charge in [0, 0.05) is 25.3 Å². The first kappa shape index (κ1) is 13.4.